The summed E-state index contributed by atoms with van der Waals surface area (Å²) in [6, 6.07) is 12.0. The summed E-state index contributed by atoms with van der Waals surface area (Å²) in [6.07, 6.45) is 0. The lowest BCUT2D eigenvalue weighted by atomic mass is 10.1. The second-order valence-electron chi connectivity index (χ2n) is 7.09. The molecule has 0 bridgehead atoms. The van der Waals surface area contributed by atoms with E-state index in [0.717, 1.165) is 10.1 Å². The highest BCUT2D eigenvalue weighted by Crippen LogP contribution is 2.39. The van der Waals surface area contributed by atoms with E-state index < -0.39 is 0 Å². The number of nitrogens with one attached hydrogen (secondary N) is 2. The number of fused-ring (bicyclic) bond motifs is 1. The lowest BCUT2D eigenvalue weighted by molar-refractivity contribution is 0.0923. The number of anilines is 1. The van der Waals surface area contributed by atoms with E-state index in [-0.39, 0.29) is 17.4 Å². The summed E-state index contributed by atoms with van der Waals surface area (Å²) in [6.45, 7) is 5.72. The third-order valence-corrected chi connectivity index (χ3v) is 5.70. The van der Waals surface area contributed by atoms with Crippen molar-refractivity contribution in [2.24, 2.45) is 0 Å². The number of carbonyl (C=O) groups excluding carboxylic acids is 2. The van der Waals surface area contributed by atoms with Gasteiger partial charge in [-0.25, -0.2) is 0 Å². The minimum atomic E-state index is -0.373. The Hall–Kier alpha value is -2.08. The van der Waals surface area contributed by atoms with E-state index in [4.69, 9.17) is 23.2 Å². The van der Waals surface area contributed by atoms with Gasteiger partial charge in [0.05, 0.1) is 15.4 Å². The number of halogens is 2. The molecule has 0 fully saturated rings. The third kappa shape index (κ3) is 4.43. The van der Waals surface area contributed by atoms with Gasteiger partial charge in [-0.3, -0.25) is 9.59 Å². The molecule has 0 aliphatic heterocycles. The van der Waals surface area contributed by atoms with Gasteiger partial charge in [-0.05, 0) is 51.1 Å². The summed E-state index contributed by atoms with van der Waals surface area (Å²) < 4.78 is 0.754. The van der Waals surface area contributed by atoms with Gasteiger partial charge in [0.2, 0.25) is 0 Å². The number of hydrogen-bond acceptors (Lipinski definition) is 3. The van der Waals surface area contributed by atoms with Crippen LogP contribution >= 0.6 is 34.5 Å². The fourth-order valence-corrected chi connectivity index (χ4v) is 4.12. The summed E-state index contributed by atoms with van der Waals surface area (Å²) in [7, 11) is 0. The Bertz CT molecular complexity index is 1020. The van der Waals surface area contributed by atoms with Crippen molar-refractivity contribution in [3.05, 3.63) is 63.0 Å². The summed E-state index contributed by atoms with van der Waals surface area (Å²) in [5.74, 6) is -0.493. The number of amides is 2. The van der Waals surface area contributed by atoms with Gasteiger partial charge in [0.15, 0.2) is 0 Å². The third-order valence-electron chi connectivity index (χ3n) is 3.70. The number of carbonyl (C=O) groups is 2. The Morgan fingerprint density at radius 1 is 0.963 bits per heavy atom. The van der Waals surface area contributed by atoms with E-state index in [9.17, 15) is 9.59 Å². The minimum absolute atomic E-state index is 0.233. The standard InChI is InChI=1S/C20H18Cl2N2O2S/c1-20(2,3)24-19(26)17-15(22)13-5-4-6-14(16(13)27-17)23-18(25)11-7-9-12(21)10-8-11/h4-10H,1-3H3,(H,23,25)(H,24,26). The highest BCUT2D eigenvalue weighted by atomic mass is 35.5. The highest BCUT2D eigenvalue weighted by Gasteiger charge is 2.22. The first-order valence-electron chi connectivity index (χ1n) is 8.26. The molecule has 3 aromatic rings. The van der Waals surface area contributed by atoms with E-state index in [1.54, 1.807) is 36.4 Å². The average Bonchev–Trinajstić information content (AvgIpc) is 2.92. The molecule has 1 heterocycles. The molecule has 140 valence electrons. The normalized spacial score (nSPS) is 11.4. The molecule has 7 heteroatoms. The van der Waals surface area contributed by atoms with Gasteiger partial charge in [0, 0.05) is 21.5 Å². The van der Waals surface area contributed by atoms with Crippen LogP contribution in [0.5, 0.6) is 0 Å². The summed E-state index contributed by atoms with van der Waals surface area (Å²) >= 11 is 13.6. The van der Waals surface area contributed by atoms with Crippen LogP contribution in [0.4, 0.5) is 5.69 Å². The van der Waals surface area contributed by atoms with Crippen LogP contribution < -0.4 is 10.6 Å². The van der Waals surface area contributed by atoms with Gasteiger partial charge in [0.1, 0.15) is 4.88 Å². The Labute approximate surface area is 171 Å². The fraction of sp³-hybridized carbons (Fsp3) is 0.200. The number of rotatable bonds is 3. The maximum absolute atomic E-state index is 12.6. The first kappa shape index (κ1) is 19.7. The second-order valence-corrected chi connectivity index (χ2v) is 8.93. The SMILES string of the molecule is CC(C)(C)NC(=O)c1sc2c(NC(=O)c3ccc(Cl)cc3)cccc2c1Cl. The van der Waals surface area contributed by atoms with Crippen molar-refractivity contribution in [3.63, 3.8) is 0 Å². The highest BCUT2D eigenvalue weighted by molar-refractivity contribution is 7.22. The Balaban J connectivity index is 1.95. The van der Waals surface area contributed by atoms with Crippen molar-refractivity contribution in [1.82, 2.24) is 5.32 Å². The quantitative estimate of drug-likeness (QED) is 0.546. The molecule has 27 heavy (non-hydrogen) atoms. The van der Waals surface area contributed by atoms with E-state index in [1.807, 2.05) is 26.8 Å². The second kappa shape index (κ2) is 7.50. The smallest absolute Gasteiger partial charge is 0.263 e. The van der Waals surface area contributed by atoms with Crippen LogP contribution in [0.2, 0.25) is 10.0 Å². The zero-order valence-corrected chi connectivity index (χ0v) is 17.4. The van der Waals surface area contributed by atoms with Crippen molar-refractivity contribution in [3.8, 4) is 0 Å². The van der Waals surface area contributed by atoms with E-state index in [1.165, 1.54) is 11.3 Å². The van der Waals surface area contributed by atoms with Crippen molar-refractivity contribution in [1.29, 1.82) is 0 Å². The van der Waals surface area contributed by atoms with E-state index in [2.05, 4.69) is 10.6 Å². The predicted octanol–water partition coefficient (Wildman–Crippen LogP) is 5.99. The average molecular weight is 421 g/mol. The van der Waals surface area contributed by atoms with Crippen molar-refractivity contribution < 1.29 is 9.59 Å². The first-order chi connectivity index (χ1) is 12.7. The molecule has 0 aliphatic carbocycles. The van der Waals surface area contributed by atoms with Crippen molar-refractivity contribution >= 4 is 62.1 Å². The topological polar surface area (TPSA) is 58.2 Å². The minimum Gasteiger partial charge on any atom is -0.347 e. The Kier molecular flexibility index (Phi) is 5.47. The van der Waals surface area contributed by atoms with Gasteiger partial charge in [0.25, 0.3) is 11.8 Å². The van der Waals surface area contributed by atoms with Crippen LogP contribution in [0.1, 0.15) is 40.8 Å². The lowest BCUT2D eigenvalue weighted by Crippen LogP contribution is -2.40. The Morgan fingerprint density at radius 2 is 1.63 bits per heavy atom. The van der Waals surface area contributed by atoms with Gasteiger partial charge in [-0.1, -0.05) is 35.3 Å². The monoisotopic (exact) mass is 420 g/mol. The molecule has 0 spiro atoms. The molecule has 2 amide bonds. The largest absolute Gasteiger partial charge is 0.347 e. The molecule has 0 atom stereocenters. The van der Waals surface area contributed by atoms with Crippen LogP contribution in [0, 0.1) is 0 Å². The molecule has 0 aliphatic rings. The van der Waals surface area contributed by atoms with Crippen molar-refractivity contribution in [2.45, 2.75) is 26.3 Å². The number of benzene rings is 2. The molecule has 4 nitrogen and oxygen atoms in total. The molecule has 2 aromatic carbocycles. The zero-order valence-electron chi connectivity index (χ0n) is 15.0. The maximum Gasteiger partial charge on any atom is 0.263 e. The lowest BCUT2D eigenvalue weighted by Gasteiger charge is -2.19. The van der Waals surface area contributed by atoms with Gasteiger partial charge >= 0.3 is 0 Å². The van der Waals surface area contributed by atoms with Crippen LogP contribution in [0.15, 0.2) is 42.5 Å². The molecule has 0 saturated heterocycles. The summed E-state index contributed by atoms with van der Waals surface area (Å²) in [5, 5.41) is 7.48. The van der Waals surface area contributed by atoms with Crippen LogP contribution in [-0.4, -0.2) is 17.4 Å². The predicted molar refractivity (Wildman–Crippen MR) is 113 cm³/mol. The zero-order chi connectivity index (χ0) is 19.8. The first-order valence-corrected chi connectivity index (χ1v) is 9.83. The molecule has 1 aromatic heterocycles. The van der Waals surface area contributed by atoms with Gasteiger partial charge in [-0.15, -0.1) is 11.3 Å². The molecular formula is C20H18Cl2N2O2S. The fourth-order valence-electron chi connectivity index (χ4n) is 2.53. The van der Waals surface area contributed by atoms with Gasteiger partial charge < -0.3 is 10.6 Å². The number of hydrogen-bond donors (Lipinski definition) is 2. The van der Waals surface area contributed by atoms with Crippen LogP contribution in [0.25, 0.3) is 10.1 Å². The molecule has 2 N–H and O–H groups in total. The van der Waals surface area contributed by atoms with E-state index >= 15 is 0 Å². The molecule has 3 rings (SSSR count). The van der Waals surface area contributed by atoms with Gasteiger partial charge in [-0.2, -0.15) is 0 Å². The maximum atomic E-state index is 12.6. The molecule has 0 saturated carbocycles. The molecule has 0 radical (unpaired) electrons. The summed E-state index contributed by atoms with van der Waals surface area (Å²) in [4.78, 5) is 25.5. The van der Waals surface area contributed by atoms with Crippen LogP contribution in [0.3, 0.4) is 0 Å². The number of thiophene rings is 1. The molecular weight excluding hydrogens is 403 g/mol. The van der Waals surface area contributed by atoms with Crippen LogP contribution in [-0.2, 0) is 0 Å². The summed E-state index contributed by atoms with van der Waals surface area (Å²) in [5.41, 5.74) is 0.723. The van der Waals surface area contributed by atoms with E-state index in [0.29, 0.717) is 26.2 Å². The van der Waals surface area contributed by atoms with Crippen molar-refractivity contribution in [2.75, 3.05) is 5.32 Å². The molecule has 0 unspecified atom stereocenters. The Morgan fingerprint density at radius 3 is 2.26 bits per heavy atom.